The number of benzene rings is 3. The van der Waals surface area contributed by atoms with Gasteiger partial charge >= 0.3 is 0 Å². The first-order valence-electron chi connectivity index (χ1n) is 9.97. The summed E-state index contributed by atoms with van der Waals surface area (Å²) in [5.74, 6) is -0.995. The normalized spacial score (nSPS) is 11.7. The first-order chi connectivity index (χ1) is 16.2. The van der Waals surface area contributed by atoms with Crippen molar-refractivity contribution in [2.45, 2.75) is 17.9 Å². The average molecular weight is 488 g/mol. The standard InChI is InChI=1S/C23H22FN3O6S/c1-15(33-20-10-6-17(24)7-11-20)22(28)25-26-23(29)16-4-3-5-21(14-16)34(30,31)27-18-8-12-19(32-2)13-9-18/h3-15,27H,1-2H3,(H,25,28)(H,26,29). The summed E-state index contributed by atoms with van der Waals surface area (Å²) in [6.45, 7) is 1.45. The van der Waals surface area contributed by atoms with E-state index in [1.54, 1.807) is 12.1 Å². The van der Waals surface area contributed by atoms with Crippen molar-refractivity contribution in [1.29, 1.82) is 0 Å². The van der Waals surface area contributed by atoms with E-state index in [2.05, 4.69) is 15.6 Å². The molecule has 3 N–H and O–H groups in total. The molecule has 3 aromatic carbocycles. The molecule has 34 heavy (non-hydrogen) atoms. The Labute approximate surface area is 195 Å². The predicted molar refractivity (Wildman–Crippen MR) is 122 cm³/mol. The molecule has 0 aliphatic rings. The molecule has 9 nitrogen and oxygen atoms in total. The van der Waals surface area contributed by atoms with Crippen LogP contribution in [-0.2, 0) is 14.8 Å². The molecule has 0 heterocycles. The van der Waals surface area contributed by atoms with Crippen LogP contribution in [0.25, 0.3) is 0 Å². The van der Waals surface area contributed by atoms with Crippen LogP contribution in [0.2, 0.25) is 0 Å². The van der Waals surface area contributed by atoms with Crippen molar-refractivity contribution in [1.82, 2.24) is 10.9 Å². The maximum Gasteiger partial charge on any atom is 0.279 e. The van der Waals surface area contributed by atoms with Gasteiger partial charge in [-0.05, 0) is 73.7 Å². The third-order valence-corrected chi connectivity index (χ3v) is 5.92. The molecule has 1 unspecified atom stereocenters. The minimum atomic E-state index is -3.98. The van der Waals surface area contributed by atoms with Crippen LogP contribution in [0, 0.1) is 5.82 Å². The Bertz CT molecular complexity index is 1260. The first kappa shape index (κ1) is 24.5. The second kappa shape index (κ2) is 10.7. The Morgan fingerprint density at radius 3 is 2.21 bits per heavy atom. The lowest BCUT2D eigenvalue weighted by atomic mass is 10.2. The SMILES string of the molecule is COc1ccc(NS(=O)(=O)c2cccc(C(=O)NNC(=O)C(C)Oc3ccc(F)cc3)c2)cc1. The number of hydrogen-bond acceptors (Lipinski definition) is 6. The molecule has 0 aliphatic heterocycles. The van der Waals surface area contributed by atoms with Crippen molar-refractivity contribution in [2.24, 2.45) is 0 Å². The van der Waals surface area contributed by atoms with Crippen LogP contribution in [0.4, 0.5) is 10.1 Å². The summed E-state index contributed by atoms with van der Waals surface area (Å²) in [6.07, 6.45) is -0.994. The summed E-state index contributed by atoms with van der Waals surface area (Å²) in [7, 11) is -2.48. The Hall–Kier alpha value is -4.12. The minimum Gasteiger partial charge on any atom is -0.497 e. The highest BCUT2D eigenvalue weighted by atomic mass is 32.2. The van der Waals surface area contributed by atoms with Gasteiger partial charge in [-0.3, -0.25) is 25.2 Å². The van der Waals surface area contributed by atoms with Crippen LogP contribution in [0.1, 0.15) is 17.3 Å². The van der Waals surface area contributed by atoms with Gasteiger partial charge in [0, 0.05) is 11.3 Å². The first-order valence-corrected chi connectivity index (χ1v) is 11.5. The summed E-state index contributed by atoms with van der Waals surface area (Å²) < 4.78 is 51.2. The van der Waals surface area contributed by atoms with Gasteiger partial charge in [0.1, 0.15) is 17.3 Å². The zero-order valence-corrected chi connectivity index (χ0v) is 19.1. The third-order valence-electron chi connectivity index (χ3n) is 4.54. The second-order valence-corrected chi connectivity index (χ2v) is 8.70. The van der Waals surface area contributed by atoms with Crippen LogP contribution in [0.15, 0.2) is 77.7 Å². The smallest absolute Gasteiger partial charge is 0.279 e. The Balaban J connectivity index is 1.61. The molecule has 1 atom stereocenters. The van der Waals surface area contributed by atoms with E-state index in [9.17, 15) is 22.4 Å². The third kappa shape index (κ3) is 6.45. The molecule has 178 valence electrons. The molecule has 0 aromatic heterocycles. The van der Waals surface area contributed by atoms with Crippen LogP contribution < -0.4 is 25.0 Å². The number of methoxy groups -OCH3 is 1. The number of halogens is 1. The summed E-state index contributed by atoms with van der Waals surface area (Å²) >= 11 is 0. The molecule has 3 aromatic rings. The molecule has 0 saturated heterocycles. The minimum absolute atomic E-state index is 0.00464. The number of carbonyl (C=O) groups is 2. The van der Waals surface area contributed by atoms with Gasteiger partial charge in [0.15, 0.2) is 6.10 Å². The Morgan fingerprint density at radius 2 is 1.56 bits per heavy atom. The predicted octanol–water partition coefficient (Wildman–Crippen LogP) is 2.86. The lowest BCUT2D eigenvalue weighted by Crippen LogP contribution is -2.47. The van der Waals surface area contributed by atoms with E-state index in [1.807, 2.05) is 0 Å². The van der Waals surface area contributed by atoms with Crippen molar-refractivity contribution < 1.29 is 31.9 Å². The summed E-state index contributed by atoms with van der Waals surface area (Å²) in [5, 5.41) is 0. The van der Waals surface area contributed by atoms with Gasteiger partial charge in [0.2, 0.25) is 0 Å². The number of hydrazine groups is 1. The van der Waals surface area contributed by atoms with Gasteiger partial charge in [0.25, 0.3) is 21.8 Å². The summed E-state index contributed by atoms with van der Waals surface area (Å²) in [4.78, 5) is 24.5. The monoisotopic (exact) mass is 487 g/mol. The van der Waals surface area contributed by atoms with Crippen molar-refractivity contribution in [3.05, 3.63) is 84.2 Å². The number of hydrogen-bond donors (Lipinski definition) is 3. The van der Waals surface area contributed by atoms with Crippen LogP contribution in [0.5, 0.6) is 11.5 Å². The number of rotatable bonds is 8. The fourth-order valence-electron chi connectivity index (χ4n) is 2.74. The molecule has 0 spiro atoms. The van der Waals surface area contributed by atoms with E-state index in [-0.39, 0.29) is 16.2 Å². The average Bonchev–Trinajstić information content (AvgIpc) is 2.84. The maximum atomic E-state index is 13.0. The number of sulfonamides is 1. The lowest BCUT2D eigenvalue weighted by Gasteiger charge is -2.15. The van der Waals surface area contributed by atoms with E-state index in [1.165, 1.54) is 74.7 Å². The highest BCUT2D eigenvalue weighted by Gasteiger charge is 2.19. The molecular formula is C23H22FN3O6S. The molecule has 0 fully saturated rings. The Morgan fingerprint density at radius 1 is 0.912 bits per heavy atom. The van der Waals surface area contributed by atoms with Crippen LogP contribution >= 0.6 is 0 Å². The topological polar surface area (TPSA) is 123 Å². The Kier molecular flexibility index (Phi) is 7.69. The molecule has 11 heteroatoms. The fourth-order valence-corrected chi connectivity index (χ4v) is 3.84. The number of ether oxygens (including phenoxy) is 2. The van der Waals surface area contributed by atoms with Gasteiger partial charge < -0.3 is 9.47 Å². The van der Waals surface area contributed by atoms with Crippen molar-refractivity contribution in [3.63, 3.8) is 0 Å². The number of carbonyl (C=O) groups excluding carboxylic acids is 2. The highest BCUT2D eigenvalue weighted by molar-refractivity contribution is 7.92. The van der Waals surface area contributed by atoms with Crippen molar-refractivity contribution in [3.8, 4) is 11.5 Å². The number of nitrogens with one attached hydrogen (secondary N) is 3. The van der Waals surface area contributed by atoms with Gasteiger partial charge in [-0.25, -0.2) is 12.8 Å². The van der Waals surface area contributed by atoms with E-state index in [4.69, 9.17) is 9.47 Å². The summed E-state index contributed by atoms with van der Waals surface area (Å²) in [5.41, 5.74) is 4.74. The molecule has 0 aliphatic carbocycles. The lowest BCUT2D eigenvalue weighted by molar-refractivity contribution is -0.128. The van der Waals surface area contributed by atoms with Crippen LogP contribution in [0.3, 0.4) is 0 Å². The number of anilines is 1. The molecule has 2 amide bonds. The van der Waals surface area contributed by atoms with Gasteiger partial charge in [-0.2, -0.15) is 0 Å². The molecule has 0 radical (unpaired) electrons. The second-order valence-electron chi connectivity index (χ2n) is 7.02. The summed E-state index contributed by atoms with van der Waals surface area (Å²) in [6, 6.07) is 16.7. The van der Waals surface area contributed by atoms with E-state index in [0.29, 0.717) is 11.4 Å². The quantitative estimate of drug-likeness (QED) is 0.420. The zero-order valence-electron chi connectivity index (χ0n) is 18.2. The molecule has 3 rings (SSSR count). The van der Waals surface area contributed by atoms with E-state index >= 15 is 0 Å². The highest BCUT2D eigenvalue weighted by Crippen LogP contribution is 2.20. The van der Waals surface area contributed by atoms with Gasteiger partial charge in [-0.1, -0.05) is 6.07 Å². The van der Waals surface area contributed by atoms with E-state index in [0.717, 1.165) is 0 Å². The largest absolute Gasteiger partial charge is 0.497 e. The zero-order chi connectivity index (χ0) is 24.7. The molecule has 0 bridgehead atoms. The van der Waals surface area contributed by atoms with Crippen molar-refractivity contribution >= 4 is 27.5 Å². The van der Waals surface area contributed by atoms with E-state index < -0.39 is 33.8 Å². The maximum absolute atomic E-state index is 13.0. The molecule has 0 saturated carbocycles. The van der Waals surface area contributed by atoms with Crippen molar-refractivity contribution in [2.75, 3.05) is 11.8 Å². The van der Waals surface area contributed by atoms with Crippen LogP contribution in [-0.4, -0.2) is 33.4 Å². The number of amides is 2. The fraction of sp³-hybridized carbons (Fsp3) is 0.130. The molecular weight excluding hydrogens is 465 g/mol. The van der Waals surface area contributed by atoms with Gasteiger partial charge in [-0.15, -0.1) is 0 Å². The van der Waals surface area contributed by atoms with Gasteiger partial charge in [0.05, 0.1) is 12.0 Å².